The highest BCUT2D eigenvalue weighted by Crippen LogP contribution is 2.42. The van der Waals surface area contributed by atoms with E-state index in [0.29, 0.717) is 19.4 Å². The molecule has 9 nitrogen and oxygen atoms in total. The minimum atomic E-state index is -1.15. The number of hydrogen-bond acceptors (Lipinski definition) is 5. The summed E-state index contributed by atoms with van der Waals surface area (Å²) in [5.74, 6) is -2.23. The summed E-state index contributed by atoms with van der Waals surface area (Å²) in [6.07, 6.45) is 2.57. The van der Waals surface area contributed by atoms with Gasteiger partial charge in [-0.05, 0) is 26.2 Å². The molecule has 0 saturated heterocycles. The van der Waals surface area contributed by atoms with Gasteiger partial charge in [0.1, 0.15) is 12.0 Å². The Bertz CT molecular complexity index is 436. The van der Waals surface area contributed by atoms with Gasteiger partial charge in [-0.2, -0.15) is 0 Å². The van der Waals surface area contributed by atoms with E-state index in [4.69, 9.17) is 15.6 Å². The molecule has 0 aliphatic heterocycles. The highest BCUT2D eigenvalue weighted by atomic mass is 16.5. The molecular formula is C16H31N3O6. The zero-order chi connectivity index (χ0) is 19.9. The topological polar surface area (TPSA) is 148 Å². The number of carboxylic acids is 1. The lowest BCUT2D eigenvalue weighted by Gasteiger charge is -2.37. The molecule has 9 heteroatoms. The van der Waals surface area contributed by atoms with Crippen molar-refractivity contribution in [3.8, 4) is 0 Å². The predicted molar refractivity (Wildman–Crippen MR) is 92.8 cm³/mol. The first-order valence-electron chi connectivity index (χ1n) is 8.50. The molecule has 146 valence electrons. The SMILES string of the molecule is CC.CCCNC(N)=O.CCOC(=O)C1(C(=O)NCC(=O)O)CCC1. The molecule has 5 N–H and O–H groups in total. The highest BCUT2D eigenvalue weighted by Gasteiger charge is 2.52. The van der Waals surface area contributed by atoms with Gasteiger partial charge in [-0.3, -0.25) is 14.4 Å². The summed E-state index contributed by atoms with van der Waals surface area (Å²) in [4.78, 5) is 43.5. The summed E-state index contributed by atoms with van der Waals surface area (Å²) < 4.78 is 4.83. The van der Waals surface area contributed by atoms with E-state index in [9.17, 15) is 19.2 Å². The first kappa shape index (κ1) is 24.9. The number of nitrogens with one attached hydrogen (secondary N) is 2. The van der Waals surface area contributed by atoms with Crippen LogP contribution in [0, 0.1) is 5.41 Å². The van der Waals surface area contributed by atoms with Crippen molar-refractivity contribution in [3.63, 3.8) is 0 Å². The molecule has 0 radical (unpaired) electrons. The quantitative estimate of drug-likeness (QED) is 0.393. The third-order valence-corrected chi connectivity index (χ3v) is 3.26. The van der Waals surface area contributed by atoms with Gasteiger partial charge >= 0.3 is 18.0 Å². The number of carbonyl (C=O) groups excluding carboxylic acids is 3. The number of amides is 3. The second kappa shape index (κ2) is 14.1. The van der Waals surface area contributed by atoms with Crippen molar-refractivity contribution in [2.24, 2.45) is 11.1 Å². The molecule has 0 aromatic carbocycles. The molecule has 0 spiro atoms. The van der Waals surface area contributed by atoms with Crippen LogP contribution in [0.2, 0.25) is 0 Å². The summed E-state index contributed by atoms with van der Waals surface area (Å²) in [6.45, 7) is 8.05. The standard InChI is InChI=1S/C10H15NO5.C4H10N2O.C2H6/c1-2-16-9(15)10(4-3-5-10)8(14)11-6-7(12)13;1-2-3-6-4(5)7;1-2/h2-6H2,1H3,(H,11,14)(H,12,13);2-3H2,1H3,(H3,5,6,7);1-2H3. The van der Waals surface area contributed by atoms with E-state index in [1.54, 1.807) is 6.92 Å². The van der Waals surface area contributed by atoms with Crippen molar-refractivity contribution in [2.45, 2.75) is 53.4 Å². The number of esters is 1. The van der Waals surface area contributed by atoms with Crippen molar-refractivity contribution in [2.75, 3.05) is 19.7 Å². The van der Waals surface area contributed by atoms with Gasteiger partial charge in [0.2, 0.25) is 5.91 Å². The minimum absolute atomic E-state index is 0.215. The number of ether oxygens (including phenoxy) is 1. The Morgan fingerprint density at radius 3 is 1.96 bits per heavy atom. The third-order valence-electron chi connectivity index (χ3n) is 3.26. The number of primary amides is 1. The number of aliphatic carboxylic acids is 1. The Morgan fingerprint density at radius 2 is 1.68 bits per heavy atom. The maximum absolute atomic E-state index is 11.7. The largest absolute Gasteiger partial charge is 0.480 e. The Morgan fingerprint density at radius 1 is 1.12 bits per heavy atom. The monoisotopic (exact) mass is 361 g/mol. The number of nitrogens with two attached hydrogens (primary N) is 1. The van der Waals surface area contributed by atoms with Crippen molar-refractivity contribution >= 4 is 23.9 Å². The Balaban J connectivity index is 0. The number of hydrogen-bond donors (Lipinski definition) is 4. The van der Waals surface area contributed by atoms with Crippen LogP contribution in [-0.2, 0) is 19.1 Å². The van der Waals surface area contributed by atoms with Crippen LogP contribution in [0.5, 0.6) is 0 Å². The van der Waals surface area contributed by atoms with Crippen LogP contribution in [0.15, 0.2) is 0 Å². The van der Waals surface area contributed by atoms with Crippen molar-refractivity contribution in [1.82, 2.24) is 10.6 Å². The molecule has 0 atom stereocenters. The van der Waals surface area contributed by atoms with E-state index >= 15 is 0 Å². The van der Waals surface area contributed by atoms with Crippen molar-refractivity contribution < 1.29 is 29.0 Å². The fraction of sp³-hybridized carbons (Fsp3) is 0.750. The van der Waals surface area contributed by atoms with Gasteiger partial charge in [0.25, 0.3) is 0 Å². The number of carbonyl (C=O) groups is 4. The molecule has 3 amide bonds. The predicted octanol–water partition coefficient (Wildman–Crippen LogP) is 1.01. The summed E-state index contributed by atoms with van der Waals surface area (Å²) in [5.41, 5.74) is 3.58. The average molecular weight is 361 g/mol. The molecule has 0 heterocycles. The summed E-state index contributed by atoms with van der Waals surface area (Å²) in [6, 6.07) is -0.443. The first-order valence-corrected chi connectivity index (χ1v) is 8.50. The summed E-state index contributed by atoms with van der Waals surface area (Å²) in [7, 11) is 0. The van der Waals surface area contributed by atoms with Gasteiger partial charge in [-0.1, -0.05) is 27.2 Å². The lowest BCUT2D eigenvalue weighted by Crippen LogP contribution is -2.52. The Kier molecular flexibility index (Phi) is 14.0. The van der Waals surface area contributed by atoms with Crippen LogP contribution in [0.1, 0.15) is 53.4 Å². The molecule has 1 rings (SSSR count). The molecule has 0 bridgehead atoms. The summed E-state index contributed by atoms with van der Waals surface area (Å²) >= 11 is 0. The van der Waals surface area contributed by atoms with E-state index in [-0.39, 0.29) is 6.61 Å². The number of urea groups is 1. The second-order valence-corrected chi connectivity index (χ2v) is 5.02. The Hall–Kier alpha value is -2.32. The molecule has 1 saturated carbocycles. The van der Waals surface area contributed by atoms with Crippen LogP contribution in [0.4, 0.5) is 4.79 Å². The van der Waals surface area contributed by atoms with Gasteiger partial charge in [0.05, 0.1) is 6.61 Å². The average Bonchev–Trinajstić information content (AvgIpc) is 2.52. The molecule has 0 unspecified atom stereocenters. The number of rotatable bonds is 7. The van der Waals surface area contributed by atoms with Crippen LogP contribution < -0.4 is 16.4 Å². The normalized spacial score (nSPS) is 13.4. The lowest BCUT2D eigenvalue weighted by atomic mass is 9.68. The molecule has 0 aromatic heterocycles. The van der Waals surface area contributed by atoms with Gasteiger partial charge in [0.15, 0.2) is 0 Å². The zero-order valence-corrected chi connectivity index (χ0v) is 15.5. The maximum Gasteiger partial charge on any atom is 0.322 e. The van der Waals surface area contributed by atoms with Gasteiger partial charge in [-0.15, -0.1) is 0 Å². The smallest absolute Gasteiger partial charge is 0.322 e. The molecule has 1 aliphatic rings. The third kappa shape index (κ3) is 9.53. The van der Waals surface area contributed by atoms with E-state index in [0.717, 1.165) is 12.8 Å². The van der Waals surface area contributed by atoms with Crippen LogP contribution in [0.3, 0.4) is 0 Å². The highest BCUT2D eigenvalue weighted by molar-refractivity contribution is 6.04. The fourth-order valence-electron chi connectivity index (χ4n) is 1.90. The molecule has 1 aliphatic carbocycles. The second-order valence-electron chi connectivity index (χ2n) is 5.02. The number of carboxylic acid groups (broad SMARTS) is 1. The van der Waals surface area contributed by atoms with E-state index < -0.39 is 35.8 Å². The Labute approximate surface area is 148 Å². The van der Waals surface area contributed by atoms with Crippen LogP contribution in [-0.4, -0.2) is 48.7 Å². The van der Waals surface area contributed by atoms with Gasteiger partial charge in [0, 0.05) is 6.54 Å². The summed E-state index contributed by atoms with van der Waals surface area (Å²) in [5, 5.41) is 13.1. The molecular weight excluding hydrogens is 330 g/mol. The zero-order valence-electron chi connectivity index (χ0n) is 15.5. The van der Waals surface area contributed by atoms with Crippen molar-refractivity contribution in [1.29, 1.82) is 0 Å². The maximum atomic E-state index is 11.7. The van der Waals surface area contributed by atoms with E-state index in [1.165, 1.54) is 0 Å². The van der Waals surface area contributed by atoms with Crippen LogP contribution >= 0.6 is 0 Å². The van der Waals surface area contributed by atoms with Gasteiger partial charge < -0.3 is 26.2 Å². The molecule has 25 heavy (non-hydrogen) atoms. The van der Waals surface area contributed by atoms with Crippen LogP contribution in [0.25, 0.3) is 0 Å². The molecule has 1 fully saturated rings. The van der Waals surface area contributed by atoms with Gasteiger partial charge in [-0.25, -0.2) is 4.79 Å². The van der Waals surface area contributed by atoms with E-state index in [1.807, 2.05) is 20.8 Å². The van der Waals surface area contributed by atoms with E-state index in [2.05, 4.69) is 10.6 Å². The minimum Gasteiger partial charge on any atom is -0.480 e. The fourth-order valence-corrected chi connectivity index (χ4v) is 1.90. The first-order chi connectivity index (χ1) is 11.8. The lowest BCUT2D eigenvalue weighted by molar-refractivity contribution is -0.167. The molecule has 0 aromatic rings. The van der Waals surface area contributed by atoms with Crippen molar-refractivity contribution in [3.05, 3.63) is 0 Å².